The molecule has 4 aromatic rings. The van der Waals surface area contributed by atoms with Gasteiger partial charge >= 0.3 is 0 Å². The minimum atomic E-state index is -0.271. The highest BCUT2D eigenvalue weighted by atomic mass is 16.5. The minimum absolute atomic E-state index is 0.271. The molecular weight excluding hydrogens is 424 g/mol. The van der Waals surface area contributed by atoms with Crippen LogP contribution in [0.1, 0.15) is 53.4 Å². The second-order valence-electron chi connectivity index (χ2n) is 8.33. The maximum atomic E-state index is 12.3. The molecular formula is C28H30N4O2. The summed E-state index contributed by atoms with van der Waals surface area (Å²) in [6, 6.07) is 19.9. The molecule has 1 N–H and O–H groups in total. The highest BCUT2D eigenvalue weighted by Crippen LogP contribution is 2.25. The molecule has 0 saturated carbocycles. The van der Waals surface area contributed by atoms with Crippen molar-refractivity contribution in [2.45, 2.75) is 39.7 Å². The van der Waals surface area contributed by atoms with Crippen molar-refractivity contribution < 1.29 is 9.53 Å². The van der Waals surface area contributed by atoms with Gasteiger partial charge in [-0.3, -0.25) is 9.78 Å². The fourth-order valence-corrected chi connectivity index (χ4v) is 4.02. The molecule has 0 bridgehead atoms. The summed E-state index contributed by atoms with van der Waals surface area (Å²) in [5.41, 5.74) is 7.60. The van der Waals surface area contributed by atoms with Crippen molar-refractivity contribution in [3.63, 3.8) is 0 Å². The van der Waals surface area contributed by atoms with Crippen molar-refractivity contribution in [1.29, 1.82) is 0 Å². The Labute approximate surface area is 200 Å². The Bertz CT molecular complexity index is 1280. The van der Waals surface area contributed by atoms with Crippen LogP contribution in [0.15, 0.2) is 78.2 Å². The minimum Gasteiger partial charge on any atom is -0.492 e. The summed E-state index contributed by atoms with van der Waals surface area (Å²) in [6.45, 7) is 7.76. The van der Waals surface area contributed by atoms with Gasteiger partial charge in [0.1, 0.15) is 12.4 Å². The number of hydrazone groups is 1. The van der Waals surface area contributed by atoms with Crippen molar-refractivity contribution in [3.05, 3.63) is 95.4 Å². The maximum absolute atomic E-state index is 12.3. The molecule has 0 fully saturated rings. The molecule has 0 spiro atoms. The van der Waals surface area contributed by atoms with E-state index in [2.05, 4.69) is 65.1 Å². The summed E-state index contributed by atoms with van der Waals surface area (Å²) in [6.07, 6.45) is 6.00. The molecule has 1 amide bonds. The number of amides is 1. The molecule has 4 rings (SSSR count). The van der Waals surface area contributed by atoms with Crippen LogP contribution in [0, 0.1) is 6.92 Å². The molecule has 0 saturated heterocycles. The fraction of sp³-hybridized carbons (Fsp3) is 0.250. The van der Waals surface area contributed by atoms with Crippen molar-refractivity contribution in [2.75, 3.05) is 6.61 Å². The van der Waals surface area contributed by atoms with Crippen LogP contribution in [-0.4, -0.2) is 28.3 Å². The Balaban J connectivity index is 1.46. The van der Waals surface area contributed by atoms with Gasteiger partial charge < -0.3 is 9.30 Å². The standard InChI is InChI=1S/C28H30N4O2/c1-4-20(2)22-9-11-24(12-10-22)34-18-17-32-21(3)26(25-7-5-6-8-27(25)32)19-30-31-28(33)23-13-15-29-16-14-23/h5-16,19-20H,4,17-18H2,1-3H3,(H,31,33). The third kappa shape index (κ3) is 5.17. The molecule has 2 aromatic carbocycles. The Kier molecular flexibility index (Phi) is 7.38. The zero-order chi connectivity index (χ0) is 23.9. The third-order valence-electron chi connectivity index (χ3n) is 6.23. The topological polar surface area (TPSA) is 68.5 Å². The van der Waals surface area contributed by atoms with Gasteiger partial charge in [-0.25, -0.2) is 5.43 Å². The molecule has 6 heteroatoms. The predicted octanol–water partition coefficient (Wildman–Crippen LogP) is 5.70. The number of ether oxygens (including phenoxy) is 1. The highest BCUT2D eigenvalue weighted by molar-refractivity contribution is 6.02. The van der Waals surface area contributed by atoms with Gasteiger partial charge in [0.15, 0.2) is 0 Å². The lowest BCUT2D eigenvalue weighted by Crippen LogP contribution is -2.17. The lowest BCUT2D eigenvalue weighted by molar-refractivity contribution is 0.0955. The fourth-order valence-electron chi connectivity index (χ4n) is 4.02. The number of fused-ring (bicyclic) bond motifs is 1. The number of hydrogen-bond donors (Lipinski definition) is 1. The summed E-state index contributed by atoms with van der Waals surface area (Å²) in [5, 5.41) is 5.29. The van der Waals surface area contributed by atoms with Gasteiger partial charge in [-0.1, -0.05) is 44.2 Å². The Hall–Kier alpha value is -3.93. The van der Waals surface area contributed by atoms with Gasteiger partial charge in [-0.05, 0) is 55.2 Å². The second kappa shape index (κ2) is 10.8. The Morgan fingerprint density at radius 1 is 1.12 bits per heavy atom. The molecule has 2 heterocycles. The number of rotatable bonds is 9. The van der Waals surface area contributed by atoms with Crippen LogP contribution < -0.4 is 10.2 Å². The number of benzene rings is 2. The maximum Gasteiger partial charge on any atom is 0.271 e. The van der Waals surface area contributed by atoms with Crippen LogP contribution in [0.3, 0.4) is 0 Å². The lowest BCUT2D eigenvalue weighted by Gasteiger charge is -2.12. The zero-order valence-electron chi connectivity index (χ0n) is 19.9. The van der Waals surface area contributed by atoms with E-state index < -0.39 is 0 Å². The van der Waals surface area contributed by atoms with Gasteiger partial charge in [-0.2, -0.15) is 5.10 Å². The summed E-state index contributed by atoms with van der Waals surface area (Å²) in [7, 11) is 0. The number of pyridine rings is 1. The van der Waals surface area contributed by atoms with E-state index in [9.17, 15) is 4.79 Å². The summed E-state index contributed by atoms with van der Waals surface area (Å²) in [5.74, 6) is 1.16. The average molecular weight is 455 g/mol. The zero-order valence-corrected chi connectivity index (χ0v) is 19.9. The van der Waals surface area contributed by atoms with Crippen LogP contribution >= 0.6 is 0 Å². The molecule has 6 nitrogen and oxygen atoms in total. The first-order valence-electron chi connectivity index (χ1n) is 11.6. The molecule has 0 aliphatic carbocycles. The van der Waals surface area contributed by atoms with E-state index in [4.69, 9.17) is 4.74 Å². The monoisotopic (exact) mass is 454 g/mol. The first-order valence-corrected chi connectivity index (χ1v) is 11.6. The van der Waals surface area contributed by atoms with E-state index in [0.29, 0.717) is 24.6 Å². The van der Waals surface area contributed by atoms with E-state index in [1.165, 1.54) is 5.56 Å². The van der Waals surface area contributed by atoms with Crippen molar-refractivity contribution in [2.24, 2.45) is 5.10 Å². The second-order valence-corrected chi connectivity index (χ2v) is 8.33. The normalized spacial score (nSPS) is 12.2. The number of nitrogens with zero attached hydrogens (tertiary/aromatic N) is 3. The molecule has 0 radical (unpaired) electrons. The molecule has 2 aromatic heterocycles. The molecule has 0 aliphatic heterocycles. The number of hydrogen-bond acceptors (Lipinski definition) is 4. The predicted molar refractivity (Wildman–Crippen MR) is 137 cm³/mol. The summed E-state index contributed by atoms with van der Waals surface area (Å²) >= 11 is 0. The SMILES string of the molecule is CCC(C)c1ccc(OCCn2c(C)c(C=NNC(=O)c3ccncc3)c3ccccc32)cc1. The Morgan fingerprint density at radius 3 is 2.59 bits per heavy atom. The lowest BCUT2D eigenvalue weighted by atomic mass is 9.99. The quantitative estimate of drug-likeness (QED) is 0.260. The van der Waals surface area contributed by atoms with Gasteiger partial charge in [0.25, 0.3) is 5.91 Å². The van der Waals surface area contributed by atoms with Crippen molar-refractivity contribution in [3.8, 4) is 5.75 Å². The van der Waals surface area contributed by atoms with Crippen LogP contribution in [0.2, 0.25) is 0 Å². The van der Waals surface area contributed by atoms with Crippen molar-refractivity contribution >= 4 is 23.0 Å². The average Bonchev–Trinajstić information content (AvgIpc) is 3.15. The first-order chi connectivity index (χ1) is 16.6. The van der Waals surface area contributed by atoms with E-state index in [1.807, 2.05) is 24.3 Å². The number of nitrogens with one attached hydrogen (secondary N) is 1. The van der Waals surface area contributed by atoms with Gasteiger partial charge in [0.05, 0.1) is 12.8 Å². The molecule has 1 atom stereocenters. The van der Waals surface area contributed by atoms with Gasteiger partial charge in [0.2, 0.25) is 0 Å². The van der Waals surface area contributed by atoms with Crippen LogP contribution in [0.4, 0.5) is 0 Å². The smallest absolute Gasteiger partial charge is 0.271 e. The number of carbonyl (C=O) groups excluding carboxylic acids is 1. The summed E-state index contributed by atoms with van der Waals surface area (Å²) < 4.78 is 8.27. The molecule has 0 aliphatic rings. The summed E-state index contributed by atoms with van der Waals surface area (Å²) in [4.78, 5) is 16.2. The van der Waals surface area contributed by atoms with E-state index in [0.717, 1.165) is 34.3 Å². The Morgan fingerprint density at radius 2 is 1.85 bits per heavy atom. The molecule has 34 heavy (non-hydrogen) atoms. The first kappa shape index (κ1) is 23.2. The van der Waals surface area contributed by atoms with Crippen molar-refractivity contribution in [1.82, 2.24) is 15.0 Å². The van der Waals surface area contributed by atoms with E-state index >= 15 is 0 Å². The van der Waals surface area contributed by atoms with Crippen LogP contribution in [-0.2, 0) is 6.54 Å². The van der Waals surface area contributed by atoms with Gasteiger partial charge in [0, 0.05) is 40.1 Å². The molecule has 174 valence electrons. The van der Waals surface area contributed by atoms with Crippen LogP contribution in [0.25, 0.3) is 10.9 Å². The van der Waals surface area contributed by atoms with Crippen LogP contribution in [0.5, 0.6) is 5.75 Å². The van der Waals surface area contributed by atoms with Gasteiger partial charge in [-0.15, -0.1) is 0 Å². The highest BCUT2D eigenvalue weighted by Gasteiger charge is 2.13. The largest absolute Gasteiger partial charge is 0.492 e. The number of carbonyl (C=O) groups is 1. The van der Waals surface area contributed by atoms with E-state index in [-0.39, 0.29) is 5.91 Å². The van der Waals surface area contributed by atoms with E-state index in [1.54, 1.807) is 30.7 Å². The number of para-hydroxylation sites is 1. The molecule has 1 unspecified atom stereocenters. The third-order valence-corrected chi connectivity index (χ3v) is 6.23. The number of aromatic nitrogens is 2.